The molecule has 0 aliphatic heterocycles. The summed E-state index contributed by atoms with van der Waals surface area (Å²) in [6.07, 6.45) is 0. The second-order valence-electron chi connectivity index (χ2n) is 3.57. The Bertz CT molecular complexity index is 322. The van der Waals surface area contributed by atoms with E-state index in [1.54, 1.807) is 0 Å². The summed E-state index contributed by atoms with van der Waals surface area (Å²) in [7, 11) is 1.84. The Labute approximate surface area is 96.0 Å². The zero-order valence-corrected chi connectivity index (χ0v) is 9.75. The molecule has 0 bridgehead atoms. The highest BCUT2D eigenvalue weighted by Crippen LogP contribution is 2.07. The molecule has 0 radical (unpaired) electrons. The van der Waals surface area contributed by atoms with Crippen LogP contribution in [0.5, 0.6) is 0 Å². The van der Waals surface area contributed by atoms with Gasteiger partial charge in [-0.2, -0.15) is 0 Å². The van der Waals surface area contributed by atoms with Crippen molar-refractivity contribution in [2.24, 2.45) is 0 Å². The van der Waals surface area contributed by atoms with Crippen LogP contribution in [0, 0.1) is 6.92 Å². The van der Waals surface area contributed by atoms with Gasteiger partial charge in [0.1, 0.15) is 6.61 Å². The third kappa shape index (κ3) is 4.91. The van der Waals surface area contributed by atoms with Gasteiger partial charge in [-0.3, -0.25) is 4.79 Å². The Hall–Kier alpha value is -1.39. The second-order valence-corrected chi connectivity index (χ2v) is 3.57. The maximum atomic E-state index is 11.4. The molecular formula is C12H18N2O2. The summed E-state index contributed by atoms with van der Waals surface area (Å²) in [4.78, 5) is 11.4. The Kier molecular flexibility index (Phi) is 5.53. The molecule has 0 spiro atoms. The van der Waals surface area contributed by atoms with Gasteiger partial charge in [0, 0.05) is 12.2 Å². The summed E-state index contributed by atoms with van der Waals surface area (Å²) in [6.45, 7) is 3.39. The highest BCUT2D eigenvalue weighted by atomic mass is 16.5. The summed E-state index contributed by atoms with van der Waals surface area (Å²) in [5.41, 5.74) is 1.97. The molecule has 0 unspecified atom stereocenters. The van der Waals surface area contributed by atoms with Gasteiger partial charge in [-0.25, -0.2) is 0 Å². The van der Waals surface area contributed by atoms with Crippen LogP contribution in [0.15, 0.2) is 24.3 Å². The lowest BCUT2D eigenvalue weighted by molar-refractivity contribution is -0.120. The maximum Gasteiger partial charge on any atom is 0.250 e. The summed E-state index contributed by atoms with van der Waals surface area (Å²) in [5, 5.41) is 5.70. The number of rotatable bonds is 6. The van der Waals surface area contributed by atoms with Crippen LogP contribution >= 0.6 is 0 Å². The highest BCUT2D eigenvalue weighted by Gasteiger charge is 2.01. The average Bonchev–Trinajstić information content (AvgIpc) is 2.28. The Balaban J connectivity index is 2.26. The van der Waals surface area contributed by atoms with Crippen molar-refractivity contribution in [3.63, 3.8) is 0 Å². The predicted molar refractivity (Wildman–Crippen MR) is 64.6 cm³/mol. The number of ether oxygens (including phenoxy) is 1. The van der Waals surface area contributed by atoms with Crippen molar-refractivity contribution in [3.05, 3.63) is 29.8 Å². The SMILES string of the molecule is CNCCOCC(=O)Nc1ccc(C)cc1. The molecule has 0 heterocycles. The molecule has 4 heteroatoms. The molecule has 88 valence electrons. The van der Waals surface area contributed by atoms with E-state index in [1.807, 2.05) is 38.2 Å². The fraction of sp³-hybridized carbons (Fsp3) is 0.417. The Morgan fingerprint density at radius 1 is 1.31 bits per heavy atom. The first-order chi connectivity index (χ1) is 7.72. The standard InChI is InChI=1S/C12H18N2O2/c1-10-3-5-11(6-4-10)14-12(15)9-16-8-7-13-2/h3-6,13H,7-9H2,1-2H3,(H,14,15). The maximum absolute atomic E-state index is 11.4. The molecule has 1 aromatic carbocycles. The smallest absolute Gasteiger partial charge is 0.250 e. The Morgan fingerprint density at radius 2 is 2.00 bits per heavy atom. The van der Waals surface area contributed by atoms with Crippen molar-refractivity contribution in [2.45, 2.75) is 6.92 Å². The molecule has 0 atom stereocenters. The van der Waals surface area contributed by atoms with Crippen molar-refractivity contribution in [2.75, 3.05) is 32.1 Å². The topological polar surface area (TPSA) is 50.4 Å². The molecule has 1 amide bonds. The average molecular weight is 222 g/mol. The molecule has 0 aliphatic carbocycles. The molecule has 0 saturated carbocycles. The normalized spacial score (nSPS) is 10.1. The molecule has 0 aliphatic rings. The molecule has 0 aromatic heterocycles. The van der Waals surface area contributed by atoms with Gasteiger partial charge in [-0.1, -0.05) is 17.7 Å². The lowest BCUT2D eigenvalue weighted by Gasteiger charge is -2.06. The van der Waals surface area contributed by atoms with Crippen LogP contribution in [-0.2, 0) is 9.53 Å². The Morgan fingerprint density at radius 3 is 2.62 bits per heavy atom. The number of amides is 1. The van der Waals surface area contributed by atoms with Gasteiger partial charge in [0.2, 0.25) is 5.91 Å². The van der Waals surface area contributed by atoms with Gasteiger partial charge in [-0.05, 0) is 26.1 Å². The lowest BCUT2D eigenvalue weighted by atomic mass is 10.2. The second kappa shape index (κ2) is 6.98. The summed E-state index contributed by atoms with van der Waals surface area (Å²) >= 11 is 0. The number of anilines is 1. The van der Waals surface area contributed by atoms with Crippen LogP contribution in [0.2, 0.25) is 0 Å². The van der Waals surface area contributed by atoms with Crippen molar-refractivity contribution in [3.8, 4) is 0 Å². The van der Waals surface area contributed by atoms with E-state index in [0.29, 0.717) is 6.61 Å². The van der Waals surface area contributed by atoms with E-state index in [-0.39, 0.29) is 12.5 Å². The van der Waals surface area contributed by atoms with E-state index in [4.69, 9.17) is 4.74 Å². The molecule has 16 heavy (non-hydrogen) atoms. The van der Waals surface area contributed by atoms with Gasteiger partial charge < -0.3 is 15.4 Å². The van der Waals surface area contributed by atoms with E-state index in [9.17, 15) is 4.79 Å². The van der Waals surface area contributed by atoms with Crippen LogP contribution < -0.4 is 10.6 Å². The van der Waals surface area contributed by atoms with Crippen LogP contribution in [0.4, 0.5) is 5.69 Å². The van der Waals surface area contributed by atoms with E-state index in [0.717, 1.165) is 12.2 Å². The highest BCUT2D eigenvalue weighted by molar-refractivity contribution is 5.91. The monoisotopic (exact) mass is 222 g/mol. The number of nitrogens with one attached hydrogen (secondary N) is 2. The first-order valence-electron chi connectivity index (χ1n) is 5.31. The number of hydrogen-bond donors (Lipinski definition) is 2. The first kappa shape index (κ1) is 12.7. The lowest BCUT2D eigenvalue weighted by Crippen LogP contribution is -2.21. The van der Waals surface area contributed by atoms with Crippen molar-refractivity contribution >= 4 is 11.6 Å². The zero-order valence-electron chi connectivity index (χ0n) is 9.75. The molecule has 2 N–H and O–H groups in total. The van der Waals surface area contributed by atoms with E-state index >= 15 is 0 Å². The van der Waals surface area contributed by atoms with Crippen molar-refractivity contribution in [1.29, 1.82) is 0 Å². The molecule has 0 saturated heterocycles. The fourth-order valence-electron chi connectivity index (χ4n) is 1.17. The number of hydrogen-bond acceptors (Lipinski definition) is 3. The van der Waals surface area contributed by atoms with E-state index in [2.05, 4.69) is 10.6 Å². The number of aryl methyl sites for hydroxylation is 1. The third-order valence-electron chi connectivity index (χ3n) is 2.06. The molecule has 1 rings (SSSR count). The van der Waals surface area contributed by atoms with Gasteiger partial charge in [0.25, 0.3) is 0 Å². The van der Waals surface area contributed by atoms with E-state index < -0.39 is 0 Å². The van der Waals surface area contributed by atoms with Crippen LogP contribution in [0.1, 0.15) is 5.56 Å². The minimum Gasteiger partial charge on any atom is -0.370 e. The van der Waals surface area contributed by atoms with Crippen LogP contribution in [0.25, 0.3) is 0 Å². The minimum atomic E-state index is -0.125. The van der Waals surface area contributed by atoms with Crippen LogP contribution in [-0.4, -0.2) is 32.7 Å². The third-order valence-corrected chi connectivity index (χ3v) is 2.06. The van der Waals surface area contributed by atoms with E-state index in [1.165, 1.54) is 5.56 Å². The van der Waals surface area contributed by atoms with Gasteiger partial charge >= 0.3 is 0 Å². The summed E-state index contributed by atoms with van der Waals surface area (Å²) < 4.78 is 5.16. The number of carbonyl (C=O) groups excluding carboxylic acids is 1. The molecule has 0 fully saturated rings. The number of likely N-dealkylation sites (N-methyl/N-ethyl adjacent to an activating group) is 1. The van der Waals surface area contributed by atoms with Crippen LogP contribution in [0.3, 0.4) is 0 Å². The predicted octanol–water partition coefficient (Wildman–Crippen LogP) is 1.17. The molecular weight excluding hydrogens is 204 g/mol. The summed E-state index contributed by atoms with van der Waals surface area (Å²) in [6, 6.07) is 7.66. The van der Waals surface area contributed by atoms with Gasteiger partial charge in [0.05, 0.1) is 6.61 Å². The van der Waals surface area contributed by atoms with Gasteiger partial charge in [-0.15, -0.1) is 0 Å². The molecule has 4 nitrogen and oxygen atoms in total. The first-order valence-corrected chi connectivity index (χ1v) is 5.31. The molecule has 1 aromatic rings. The minimum absolute atomic E-state index is 0.0928. The quantitative estimate of drug-likeness (QED) is 0.710. The largest absolute Gasteiger partial charge is 0.370 e. The van der Waals surface area contributed by atoms with Crippen molar-refractivity contribution in [1.82, 2.24) is 5.32 Å². The number of carbonyl (C=O) groups is 1. The summed E-state index contributed by atoms with van der Waals surface area (Å²) in [5.74, 6) is -0.125. The fourth-order valence-corrected chi connectivity index (χ4v) is 1.17. The zero-order chi connectivity index (χ0) is 11.8. The van der Waals surface area contributed by atoms with Crippen molar-refractivity contribution < 1.29 is 9.53 Å². The number of benzene rings is 1. The van der Waals surface area contributed by atoms with Gasteiger partial charge in [0.15, 0.2) is 0 Å².